The largest absolute Gasteiger partial charge is 0.390 e. The van der Waals surface area contributed by atoms with Crippen molar-refractivity contribution < 1.29 is 9.90 Å². The zero-order valence-electron chi connectivity index (χ0n) is 13.1. The number of carbonyl (C=O) groups is 1. The predicted molar refractivity (Wildman–Crippen MR) is 82.9 cm³/mol. The quantitative estimate of drug-likeness (QED) is 0.831. The van der Waals surface area contributed by atoms with Gasteiger partial charge in [-0.05, 0) is 57.7 Å². The summed E-state index contributed by atoms with van der Waals surface area (Å²) in [5, 5.41) is 9.78. The molecule has 0 atom stereocenters. The molecule has 1 amide bonds. The van der Waals surface area contributed by atoms with Crippen LogP contribution in [0.1, 0.15) is 56.5 Å². The molecule has 0 fully saturated rings. The van der Waals surface area contributed by atoms with Crippen molar-refractivity contribution in [3.05, 3.63) is 35.4 Å². The molecule has 112 valence electrons. The molecule has 1 aromatic rings. The molecule has 0 aliphatic heterocycles. The Morgan fingerprint density at radius 1 is 1.30 bits per heavy atom. The smallest absolute Gasteiger partial charge is 0.253 e. The lowest BCUT2D eigenvalue weighted by molar-refractivity contribution is 0.0714. The first-order valence-electron chi connectivity index (χ1n) is 7.48. The van der Waals surface area contributed by atoms with Crippen molar-refractivity contribution in [1.29, 1.82) is 0 Å². The monoisotopic (exact) mass is 277 g/mol. The van der Waals surface area contributed by atoms with Crippen molar-refractivity contribution >= 4 is 5.91 Å². The lowest BCUT2D eigenvalue weighted by Gasteiger charge is -2.21. The standard InChI is InChI=1S/C17H27NO2/c1-5-12-18(6-2)16(19)15-9-7-8-14(13-15)10-11-17(3,4)20/h7-9,13,20H,5-6,10-12H2,1-4H3. The Labute approximate surface area is 122 Å². The Bertz CT molecular complexity index is 435. The van der Waals surface area contributed by atoms with Crippen LogP contribution < -0.4 is 0 Å². The maximum Gasteiger partial charge on any atom is 0.253 e. The second-order valence-electron chi connectivity index (χ2n) is 5.90. The van der Waals surface area contributed by atoms with Crippen LogP contribution in [0.15, 0.2) is 24.3 Å². The van der Waals surface area contributed by atoms with Gasteiger partial charge in [0.15, 0.2) is 0 Å². The van der Waals surface area contributed by atoms with E-state index in [1.54, 1.807) is 0 Å². The first-order valence-corrected chi connectivity index (χ1v) is 7.48. The average molecular weight is 277 g/mol. The second kappa shape index (κ2) is 7.44. The third kappa shape index (κ3) is 5.33. The van der Waals surface area contributed by atoms with E-state index in [1.807, 2.05) is 49.9 Å². The minimum Gasteiger partial charge on any atom is -0.390 e. The van der Waals surface area contributed by atoms with Gasteiger partial charge >= 0.3 is 0 Å². The highest BCUT2D eigenvalue weighted by molar-refractivity contribution is 5.94. The molecule has 1 N–H and O–H groups in total. The SMILES string of the molecule is CCCN(CC)C(=O)c1cccc(CCC(C)(C)O)c1. The number of benzene rings is 1. The lowest BCUT2D eigenvalue weighted by atomic mass is 9.97. The molecule has 0 radical (unpaired) electrons. The number of hydrogen-bond donors (Lipinski definition) is 1. The fourth-order valence-electron chi connectivity index (χ4n) is 2.17. The number of aliphatic hydroxyl groups is 1. The van der Waals surface area contributed by atoms with Gasteiger partial charge in [0.05, 0.1) is 5.60 Å². The van der Waals surface area contributed by atoms with E-state index in [0.29, 0.717) is 6.42 Å². The van der Waals surface area contributed by atoms with E-state index >= 15 is 0 Å². The molecule has 0 aromatic heterocycles. The molecule has 1 aromatic carbocycles. The van der Waals surface area contributed by atoms with Crippen molar-refractivity contribution in [2.24, 2.45) is 0 Å². The molecule has 1 rings (SSSR count). The summed E-state index contributed by atoms with van der Waals surface area (Å²) in [6.07, 6.45) is 2.44. The van der Waals surface area contributed by atoms with Gasteiger partial charge in [-0.1, -0.05) is 19.1 Å². The topological polar surface area (TPSA) is 40.5 Å². The van der Waals surface area contributed by atoms with Crippen LogP contribution >= 0.6 is 0 Å². The molecular weight excluding hydrogens is 250 g/mol. The summed E-state index contributed by atoms with van der Waals surface area (Å²) in [4.78, 5) is 14.3. The molecule has 0 unspecified atom stereocenters. The molecule has 0 aliphatic rings. The van der Waals surface area contributed by atoms with E-state index in [-0.39, 0.29) is 5.91 Å². The van der Waals surface area contributed by atoms with Gasteiger partial charge < -0.3 is 10.0 Å². The summed E-state index contributed by atoms with van der Waals surface area (Å²) < 4.78 is 0. The van der Waals surface area contributed by atoms with Crippen LogP contribution in [0.2, 0.25) is 0 Å². The molecule has 0 bridgehead atoms. The van der Waals surface area contributed by atoms with Gasteiger partial charge in [0.1, 0.15) is 0 Å². The summed E-state index contributed by atoms with van der Waals surface area (Å²) in [6, 6.07) is 7.76. The summed E-state index contributed by atoms with van der Waals surface area (Å²) >= 11 is 0. The van der Waals surface area contributed by atoms with Gasteiger partial charge in [-0.3, -0.25) is 4.79 Å². The van der Waals surface area contributed by atoms with Crippen LogP contribution in [0, 0.1) is 0 Å². The molecule has 0 aliphatic carbocycles. The summed E-state index contributed by atoms with van der Waals surface area (Å²) in [6.45, 7) is 9.23. The van der Waals surface area contributed by atoms with Crippen LogP contribution in [-0.4, -0.2) is 34.6 Å². The first kappa shape index (κ1) is 16.7. The number of rotatable bonds is 7. The zero-order valence-corrected chi connectivity index (χ0v) is 13.1. The molecule has 0 heterocycles. The van der Waals surface area contributed by atoms with Crippen molar-refractivity contribution in [3.8, 4) is 0 Å². The minimum absolute atomic E-state index is 0.0967. The number of aryl methyl sites for hydroxylation is 1. The van der Waals surface area contributed by atoms with Crippen LogP contribution in [0.25, 0.3) is 0 Å². The van der Waals surface area contributed by atoms with Crippen LogP contribution in [0.4, 0.5) is 0 Å². The van der Waals surface area contributed by atoms with E-state index in [0.717, 1.165) is 37.1 Å². The fraction of sp³-hybridized carbons (Fsp3) is 0.588. The van der Waals surface area contributed by atoms with Gasteiger partial charge in [0, 0.05) is 18.7 Å². The van der Waals surface area contributed by atoms with E-state index < -0.39 is 5.60 Å². The Morgan fingerprint density at radius 3 is 2.55 bits per heavy atom. The van der Waals surface area contributed by atoms with E-state index in [4.69, 9.17) is 0 Å². The number of nitrogens with zero attached hydrogens (tertiary/aromatic N) is 1. The molecule has 20 heavy (non-hydrogen) atoms. The summed E-state index contributed by atoms with van der Waals surface area (Å²) in [5.74, 6) is 0.0967. The summed E-state index contributed by atoms with van der Waals surface area (Å²) in [7, 11) is 0. The van der Waals surface area contributed by atoms with Gasteiger partial charge in [0.25, 0.3) is 5.91 Å². The molecule has 0 spiro atoms. The molecule has 0 saturated carbocycles. The summed E-state index contributed by atoms with van der Waals surface area (Å²) in [5.41, 5.74) is 1.18. The maximum absolute atomic E-state index is 12.4. The fourth-order valence-corrected chi connectivity index (χ4v) is 2.17. The molecule has 0 saturated heterocycles. The average Bonchev–Trinajstić information content (AvgIpc) is 2.41. The zero-order chi connectivity index (χ0) is 15.2. The molecule has 3 heteroatoms. The number of hydrogen-bond acceptors (Lipinski definition) is 2. The second-order valence-corrected chi connectivity index (χ2v) is 5.90. The van der Waals surface area contributed by atoms with Gasteiger partial charge in [-0.15, -0.1) is 0 Å². The van der Waals surface area contributed by atoms with Crippen LogP contribution in [0.5, 0.6) is 0 Å². The van der Waals surface area contributed by atoms with Crippen molar-refractivity contribution in [3.63, 3.8) is 0 Å². The van der Waals surface area contributed by atoms with Crippen LogP contribution in [0.3, 0.4) is 0 Å². The van der Waals surface area contributed by atoms with Gasteiger partial charge in [-0.25, -0.2) is 0 Å². The normalized spacial score (nSPS) is 11.4. The molecular formula is C17H27NO2. The highest BCUT2D eigenvalue weighted by Gasteiger charge is 2.15. The third-order valence-corrected chi connectivity index (χ3v) is 3.36. The number of carbonyl (C=O) groups excluding carboxylic acids is 1. The van der Waals surface area contributed by atoms with Crippen molar-refractivity contribution in [2.75, 3.05) is 13.1 Å². The van der Waals surface area contributed by atoms with E-state index in [1.165, 1.54) is 0 Å². The Kier molecular flexibility index (Phi) is 6.21. The highest BCUT2D eigenvalue weighted by Crippen LogP contribution is 2.15. The Morgan fingerprint density at radius 2 is 2.00 bits per heavy atom. The van der Waals surface area contributed by atoms with Crippen molar-refractivity contribution in [2.45, 2.75) is 52.6 Å². The highest BCUT2D eigenvalue weighted by atomic mass is 16.3. The Hall–Kier alpha value is -1.35. The van der Waals surface area contributed by atoms with Gasteiger partial charge in [-0.2, -0.15) is 0 Å². The first-order chi connectivity index (χ1) is 9.37. The third-order valence-electron chi connectivity index (χ3n) is 3.36. The maximum atomic E-state index is 12.4. The van der Waals surface area contributed by atoms with E-state index in [2.05, 4.69) is 6.92 Å². The Balaban J connectivity index is 2.79. The lowest BCUT2D eigenvalue weighted by Crippen LogP contribution is -2.31. The minimum atomic E-state index is -0.669. The predicted octanol–water partition coefficient (Wildman–Crippen LogP) is 3.26. The number of amides is 1. The van der Waals surface area contributed by atoms with Gasteiger partial charge in [0.2, 0.25) is 0 Å². The van der Waals surface area contributed by atoms with Crippen LogP contribution in [-0.2, 0) is 6.42 Å². The molecule has 3 nitrogen and oxygen atoms in total. The van der Waals surface area contributed by atoms with E-state index in [9.17, 15) is 9.90 Å². The van der Waals surface area contributed by atoms with Crippen molar-refractivity contribution in [1.82, 2.24) is 4.90 Å².